The first-order chi connectivity index (χ1) is 6.81. The average Bonchev–Trinajstić information content (AvgIpc) is 2.09. The first-order valence-electron chi connectivity index (χ1n) is 5.30. The number of hydrogen-bond acceptors (Lipinski definition) is 4. The van der Waals surface area contributed by atoms with Gasteiger partial charge in [-0.3, -0.25) is 0 Å². The number of aliphatic hydroxyl groups excluding tert-OH is 1. The van der Waals surface area contributed by atoms with Gasteiger partial charge in [-0.2, -0.15) is 0 Å². The van der Waals surface area contributed by atoms with E-state index in [-0.39, 0.29) is 6.61 Å². The molecule has 0 aliphatic rings. The van der Waals surface area contributed by atoms with Gasteiger partial charge < -0.3 is 9.53 Å². The van der Waals surface area contributed by atoms with Crippen molar-refractivity contribution in [2.45, 2.75) is 38.9 Å². The monoisotopic (exact) mass is 268 g/mol. The van der Waals surface area contributed by atoms with E-state index in [2.05, 4.69) is 33.9 Å². The molecule has 0 rings (SSSR count). The Kier molecular flexibility index (Phi) is 7.62. The Balaban J connectivity index is 3.58. The molecule has 0 bridgehead atoms. The third-order valence-electron chi connectivity index (χ3n) is 2.69. The zero-order chi connectivity index (χ0) is 11.9. The molecule has 0 heterocycles. The Hall–Kier alpha value is 0.837. The number of rotatable bonds is 7. The van der Waals surface area contributed by atoms with Crippen LogP contribution >= 0.6 is 21.6 Å². The molecule has 0 atom stereocenters. The third-order valence-corrected chi connectivity index (χ3v) is 9.58. The summed E-state index contributed by atoms with van der Waals surface area (Å²) in [5.74, 6) is 1.82. The fourth-order valence-electron chi connectivity index (χ4n) is 0.702. The molecule has 92 valence electrons. The molecule has 0 aromatic carbocycles. The Morgan fingerprint density at radius 1 is 1.13 bits per heavy atom. The topological polar surface area (TPSA) is 29.5 Å². The fourth-order valence-corrected chi connectivity index (χ4v) is 3.49. The molecular weight excluding hydrogens is 244 g/mol. The normalized spacial score (nSPS) is 13.2. The van der Waals surface area contributed by atoms with E-state index in [4.69, 9.17) is 9.53 Å². The van der Waals surface area contributed by atoms with Crippen LogP contribution in [0.3, 0.4) is 0 Å². The minimum Gasteiger partial charge on any atom is -0.416 e. The SMILES string of the molecule is CC(C)(C)[Si](C)(C)OCCSSCCO. The Labute approximate surface area is 103 Å². The minimum atomic E-state index is -1.55. The van der Waals surface area contributed by atoms with Gasteiger partial charge in [0.05, 0.1) is 6.61 Å². The van der Waals surface area contributed by atoms with E-state index in [1.165, 1.54) is 0 Å². The van der Waals surface area contributed by atoms with Crippen molar-refractivity contribution >= 4 is 29.9 Å². The molecule has 15 heavy (non-hydrogen) atoms. The minimum absolute atomic E-state index is 0.265. The smallest absolute Gasteiger partial charge is 0.192 e. The largest absolute Gasteiger partial charge is 0.416 e. The maximum atomic E-state index is 8.60. The van der Waals surface area contributed by atoms with Crippen LogP contribution < -0.4 is 0 Å². The second-order valence-electron chi connectivity index (χ2n) is 4.98. The summed E-state index contributed by atoms with van der Waals surface area (Å²) in [5.41, 5.74) is 0. The molecule has 0 aromatic heterocycles. The van der Waals surface area contributed by atoms with Gasteiger partial charge in [0.1, 0.15) is 0 Å². The zero-order valence-electron chi connectivity index (χ0n) is 10.5. The molecule has 0 unspecified atom stereocenters. The molecule has 5 heteroatoms. The second-order valence-corrected chi connectivity index (χ2v) is 12.5. The van der Waals surface area contributed by atoms with Crippen molar-refractivity contribution in [1.82, 2.24) is 0 Å². The van der Waals surface area contributed by atoms with Gasteiger partial charge in [0, 0.05) is 18.1 Å². The van der Waals surface area contributed by atoms with Gasteiger partial charge in [-0.15, -0.1) is 0 Å². The summed E-state index contributed by atoms with van der Waals surface area (Å²) in [4.78, 5) is 0. The molecule has 0 spiro atoms. The van der Waals surface area contributed by atoms with Crippen LogP contribution in [0.5, 0.6) is 0 Å². The van der Waals surface area contributed by atoms with Gasteiger partial charge in [0.2, 0.25) is 0 Å². The lowest BCUT2D eigenvalue weighted by molar-refractivity contribution is 0.311. The summed E-state index contributed by atoms with van der Waals surface area (Å²) in [6.45, 7) is 12.4. The van der Waals surface area contributed by atoms with Crippen molar-refractivity contribution in [3.8, 4) is 0 Å². The van der Waals surface area contributed by atoms with Crippen LogP contribution in [0.25, 0.3) is 0 Å². The van der Waals surface area contributed by atoms with Crippen molar-refractivity contribution in [1.29, 1.82) is 0 Å². The Bertz CT molecular complexity index is 169. The van der Waals surface area contributed by atoms with Gasteiger partial charge in [-0.1, -0.05) is 42.4 Å². The second kappa shape index (κ2) is 7.22. The summed E-state index contributed by atoms with van der Waals surface area (Å²) in [5, 5.41) is 8.90. The lowest BCUT2D eigenvalue weighted by Gasteiger charge is -2.36. The fraction of sp³-hybridized carbons (Fsp3) is 1.00. The van der Waals surface area contributed by atoms with E-state index in [1.54, 1.807) is 21.6 Å². The molecule has 0 saturated heterocycles. The van der Waals surface area contributed by atoms with Gasteiger partial charge >= 0.3 is 0 Å². The van der Waals surface area contributed by atoms with E-state index < -0.39 is 8.32 Å². The Morgan fingerprint density at radius 3 is 2.13 bits per heavy atom. The molecule has 2 nitrogen and oxygen atoms in total. The van der Waals surface area contributed by atoms with E-state index in [0.717, 1.165) is 18.1 Å². The number of hydrogen-bond donors (Lipinski definition) is 1. The quantitative estimate of drug-likeness (QED) is 0.435. The summed E-state index contributed by atoms with van der Waals surface area (Å²) >= 11 is 0. The van der Waals surface area contributed by atoms with Crippen molar-refractivity contribution in [2.75, 3.05) is 24.7 Å². The molecule has 0 radical (unpaired) electrons. The number of aliphatic hydroxyl groups is 1. The van der Waals surface area contributed by atoms with Crippen LogP contribution in [0.1, 0.15) is 20.8 Å². The van der Waals surface area contributed by atoms with E-state index in [1.807, 2.05) is 0 Å². The lowest BCUT2D eigenvalue weighted by Crippen LogP contribution is -2.41. The van der Waals surface area contributed by atoms with Crippen LogP contribution in [-0.2, 0) is 4.43 Å². The average molecular weight is 269 g/mol. The highest BCUT2D eigenvalue weighted by Crippen LogP contribution is 2.36. The highest BCUT2D eigenvalue weighted by atomic mass is 33.1. The molecular formula is C10H24O2S2Si. The molecule has 0 saturated carbocycles. The first-order valence-corrected chi connectivity index (χ1v) is 10.7. The maximum Gasteiger partial charge on any atom is 0.192 e. The molecule has 0 fully saturated rings. The van der Waals surface area contributed by atoms with E-state index in [9.17, 15) is 0 Å². The predicted molar refractivity (Wildman–Crippen MR) is 75.2 cm³/mol. The highest BCUT2D eigenvalue weighted by molar-refractivity contribution is 8.76. The van der Waals surface area contributed by atoms with Crippen LogP contribution in [-0.4, -0.2) is 38.1 Å². The van der Waals surface area contributed by atoms with Gasteiger partial charge in [0.25, 0.3) is 0 Å². The van der Waals surface area contributed by atoms with Crippen LogP contribution in [0, 0.1) is 0 Å². The Morgan fingerprint density at radius 2 is 1.67 bits per heavy atom. The van der Waals surface area contributed by atoms with Crippen LogP contribution in [0.4, 0.5) is 0 Å². The maximum absolute atomic E-state index is 8.60. The summed E-state index contributed by atoms with van der Waals surface area (Å²) < 4.78 is 6.02. The van der Waals surface area contributed by atoms with E-state index >= 15 is 0 Å². The molecule has 1 N–H and O–H groups in total. The van der Waals surface area contributed by atoms with Crippen molar-refractivity contribution in [2.24, 2.45) is 0 Å². The molecule has 0 aliphatic carbocycles. The summed E-state index contributed by atoms with van der Waals surface area (Å²) in [6, 6.07) is 0. The molecule has 0 aliphatic heterocycles. The predicted octanol–water partition coefficient (Wildman–Crippen LogP) is 3.38. The standard InChI is InChI=1S/C10H24O2S2Si/c1-10(2,3)15(4,5)12-7-9-14-13-8-6-11/h11H,6-9H2,1-5H3. The highest BCUT2D eigenvalue weighted by Gasteiger charge is 2.36. The first kappa shape index (κ1) is 15.8. The molecule has 0 amide bonds. The zero-order valence-corrected chi connectivity index (χ0v) is 13.1. The van der Waals surface area contributed by atoms with Crippen molar-refractivity contribution in [3.63, 3.8) is 0 Å². The van der Waals surface area contributed by atoms with Gasteiger partial charge in [-0.05, 0) is 18.1 Å². The lowest BCUT2D eigenvalue weighted by atomic mass is 10.2. The van der Waals surface area contributed by atoms with Gasteiger partial charge in [-0.25, -0.2) is 0 Å². The van der Waals surface area contributed by atoms with Crippen molar-refractivity contribution < 1.29 is 9.53 Å². The van der Waals surface area contributed by atoms with Crippen LogP contribution in [0.15, 0.2) is 0 Å². The third kappa shape index (κ3) is 6.89. The summed E-state index contributed by atoms with van der Waals surface area (Å²) in [6.07, 6.45) is 0. The van der Waals surface area contributed by atoms with Crippen molar-refractivity contribution in [3.05, 3.63) is 0 Å². The van der Waals surface area contributed by atoms with Crippen LogP contribution in [0.2, 0.25) is 18.1 Å². The van der Waals surface area contributed by atoms with E-state index in [0.29, 0.717) is 5.04 Å². The van der Waals surface area contributed by atoms with Gasteiger partial charge in [0.15, 0.2) is 8.32 Å². The molecule has 0 aromatic rings. The summed E-state index contributed by atoms with van der Waals surface area (Å²) in [7, 11) is 1.95.